The molecular formula is C13H19N3OS. The van der Waals surface area contributed by atoms with Crippen LogP contribution in [0.1, 0.15) is 22.7 Å². The molecule has 2 rings (SSSR count). The van der Waals surface area contributed by atoms with Crippen molar-refractivity contribution in [2.75, 3.05) is 19.0 Å². The average molecular weight is 265 g/mol. The first-order chi connectivity index (χ1) is 8.70. The third kappa shape index (κ3) is 3.11. The highest BCUT2D eigenvalue weighted by Gasteiger charge is 2.09. The first kappa shape index (κ1) is 13.1. The highest BCUT2D eigenvalue weighted by molar-refractivity contribution is 7.11. The van der Waals surface area contributed by atoms with Crippen LogP contribution >= 0.6 is 11.3 Å². The van der Waals surface area contributed by atoms with Crippen LogP contribution in [-0.2, 0) is 11.3 Å². The van der Waals surface area contributed by atoms with Crippen LogP contribution in [0.3, 0.4) is 0 Å². The van der Waals surface area contributed by atoms with Gasteiger partial charge in [0, 0.05) is 29.3 Å². The molecule has 0 bridgehead atoms. The number of hydrogen-bond acceptors (Lipinski definition) is 4. The van der Waals surface area contributed by atoms with Gasteiger partial charge in [-0.25, -0.2) is 4.98 Å². The van der Waals surface area contributed by atoms with Gasteiger partial charge in [-0.15, -0.1) is 11.3 Å². The van der Waals surface area contributed by atoms with Crippen LogP contribution < -0.4 is 5.32 Å². The van der Waals surface area contributed by atoms with E-state index in [2.05, 4.69) is 40.8 Å². The third-order valence-corrected chi connectivity index (χ3v) is 3.77. The second-order valence-corrected chi connectivity index (χ2v) is 5.70. The standard InChI is InChI=1S/C13H19N3OS/c1-10(9-17-3)16-7-6-14-13(16)15-8-12-5-4-11(2)18-12/h4-7,10H,8-9H2,1-3H3,(H,14,15). The Balaban J connectivity index is 1.99. The van der Waals surface area contributed by atoms with Crippen molar-refractivity contribution in [3.05, 3.63) is 34.3 Å². The fraction of sp³-hybridized carbons (Fsp3) is 0.462. The van der Waals surface area contributed by atoms with Gasteiger partial charge in [0.2, 0.25) is 5.95 Å². The predicted molar refractivity (Wildman–Crippen MR) is 75.2 cm³/mol. The molecule has 0 fully saturated rings. The van der Waals surface area contributed by atoms with Crippen LogP contribution in [-0.4, -0.2) is 23.3 Å². The summed E-state index contributed by atoms with van der Waals surface area (Å²) in [6.07, 6.45) is 3.79. The number of aromatic nitrogens is 2. The zero-order valence-corrected chi connectivity index (χ0v) is 11.8. The molecule has 1 unspecified atom stereocenters. The number of nitrogens with zero attached hydrogens (tertiary/aromatic N) is 2. The summed E-state index contributed by atoms with van der Waals surface area (Å²) in [5.74, 6) is 0.894. The fourth-order valence-electron chi connectivity index (χ4n) is 1.87. The highest BCUT2D eigenvalue weighted by Crippen LogP contribution is 2.18. The monoisotopic (exact) mass is 265 g/mol. The lowest BCUT2D eigenvalue weighted by molar-refractivity contribution is 0.163. The van der Waals surface area contributed by atoms with Gasteiger partial charge in [0.1, 0.15) is 0 Å². The van der Waals surface area contributed by atoms with Crippen molar-refractivity contribution >= 4 is 17.3 Å². The van der Waals surface area contributed by atoms with Crippen LogP contribution in [0, 0.1) is 6.92 Å². The Kier molecular flexibility index (Phi) is 4.38. The molecule has 1 atom stereocenters. The van der Waals surface area contributed by atoms with E-state index < -0.39 is 0 Å². The lowest BCUT2D eigenvalue weighted by atomic mass is 10.3. The molecule has 0 aromatic carbocycles. The molecule has 0 spiro atoms. The normalized spacial score (nSPS) is 12.6. The fourth-order valence-corrected chi connectivity index (χ4v) is 2.70. The molecule has 0 radical (unpaired) electrons. The predicted octanol–water partition coefficient (Wildman–Crippen LogP) is 3.07. The van der Waals surface area contributed by atoms with Gasteiger partial charge in [-0.1, -0.05) is 0 Å². The van der Waals surface area contributed by atoms with E-state index in [1.165, 1.54) is 9.75 Å². The number of aryl methyl sites for hydroxylation is 1. The van der Waals surface area contributed by atoms with E-state index >= 15 is 0 Å². The molecule has 1 N–H and O–H groups in total. The average Bonchev–Trinajstić information content (AvgIpc) is 2.95. The molecule has 0 aliphatic carbocycles. The van der Waals surface area contributed by atoms with Crippen molar-refractivity contribution in [3.8, 4) is 0 Å². The Hall–Kier alpha value is -1.33. The number of rotatable bonds is 6. The zero-order chi connectivity index (χ0) is 13.0. The van der Waals surface area contributed by atoms with E-state index in [1.54, 1.807) is 7.11 Å². The molecule has 4 nitrogen and oxygen atoms in total. The van der Waals surface area contributed by atoms with Crippen LogP contribution in [0.4, 0.5) is 5.95 Å². The maximum atomic E-state index is 5.17. The second-order valence-electron chi connectivity index (χ2n) is 4.33. The summed E-state index contributed by atoms with van der Waals surface area (Å²) in [6.45, 7) is 5.74. The molecule has 5 heteroatoms. The minimum Gasteiger partial charge on any atom is -0.383 e. The highest BCUT2D eigenvalue weighted by atomic mass is 32.1. The topological polar surface area (TPSA) is 39.1 Å². The quantitative estimate of drug-likeness (QED) is 0.872. The van der Waals surface area contributed by atoms with E-state index in [-0.39, 0.29) is 6.04 Å². The van der Waals surface area contributed by atoms with Crippen molar-refractivity contribution in [2.45, 2.75) is 26.4 Å². The molecule has 2 heterocycles. The van der Waals surface area contributed by atoms with Gasteiger partial charge in [-0.2, -0.15) is 0 Å². The van der Waals surface area contributed by atoms with Gasteiger partial charge in [-0.05, 0) is 26.0 Å². The lowest BCUT2D eigenvalue weighted by Gasteiger charge is -2.15. The maximum Gasteiger partial charge on any atom is 0.203 e. The van der Waals surface area contributed by atoms with Gasteiger partial charge < -0.3 is 14.6 Å². The Labute approximate surface area is 112 Å². The molecule has 0 aliphatic rings. The van der Waals surface area contributed by atoms with Crippen LogP contribution in [0.5, 0.6) is 0 Å². The van der Waals surface area contributed by atoms with E-state index in [1.807, 2.05) is 23.7 Å². The number of ether oxygens (including phenoxy) is 1. The number of hydrogen-bond donors (Lipinski definition) is 1. The number of anilines is 1. The van der Waals surface area contributed by atoms with Gasteiger partial charge in [0.05, 0.1) is 19.2 Å². The van der Waals surface area contributed by atoms with E-state index in [4.69, 9.17) is 4.74 Å². The lowest BCUT2D eigenvalue weighted by Crippen LogP contribution is -2.14. The first-order valence-electron chi connectivity index (χ1n) is 6.01. The molecule has 0 aliphatic heterocycles. The minimum atomic E-state index is 0.282. The van der Waals surface area contributed by atoms with Gasteiger partial charge in [0.15, 0.2) is 0 Å². The number of nitrogens with one attached hydrogen (secondary N) is 1. The van der Waals surface area contributed by atoms with Crippen molar-refractivity contribution in [1.82, 2.24) is 9.55 Å². The van der Waals surface area contributed by atoms with Crippen LogP contribution in [0.2, 0.25) is 0 Å². The van der Waals surface area contributed by atoms with E-state index in [0.717, 1.165) is 12.5 Å². The van der Waals surface area contributed by atoms with Crippen molar-refractivity contribution in [1.29, 1.82) is 0 Å². The Morgan fingerprint density at radius 2 is 2.33 bits per heavy atom. The zero-order valence-electron chi connectivity index (χ0n) is 11.0. The summed E-state index contributed by atoms with van der Waals surface area (Å²) in [7, 11) is 1.72. The van der Waals surface area contributed by atoms with Crippen molar-refractivity contribution in [2.24, 2.45) is 0 Å². The molecule has 0 amide bonds. The second kappa shape index (κ2) is 6.02. The molecule has 0 saturated heterocycles. The summed E-state index contributed by atoms with van der Waals surface area (Å²) in [5.41, 5.74) is 0. The summed E-state index contributed by atoms with van der Waals surface area (Å²) in [4.78, 5) is 7.00. The van der Waals surface area contributed by atoms with E-state index in [0.29, 0.717) is 6.61 Å². The minimum absolute atomic E-state index is 0.282. The van der Waals surface area contributed by atoms with Crippen LogP contribution in [0.25, 0.3) is 0 Å². The first-order valence-corrected chi connectivity index (χ1v) is 6.83. The van der Waals surface area contributed by atoms with E-state index in [9.17, 15) is 0 Å². The Morgan fingerprint density at radius 1 is 1.50 bits per heavy atom. The molecule has 2 aromatic heterocycles. The SMILES string of the molecule is COCC(C)n1ccnc1NCc1ccc(C)s1. The molecule has 18 heavy (non-hydrogen) atoms. The third-order valence-electron chi connectivity index (χ3n) is 2.77. The van der Waals surface area contributed by atoms with Crippen molar-refractivity contribution < 1.29 is 4.74 Å². The van der Waals surface area contributed by atoms with Gasteiger partial charge in [-0.3, -0.25) is 0 Å². The Bertz CT molecular complexity index is 492. The summed E-state index contributed by atoms with van der Waals surface area (Å²) < 4.78 is 7.28. The van der Waals surface area contributed by atoms with Crippen molar-refractivity contribution in [3.63, 3.8) is 0 Å². The molecule has 98 valence electrons. The smallest absolute Gasteiger partial charge is 0.203 e. The molecular weight excluding hydrogens is 246 g/mol. The Morgan fingerprint density at radius 3 is 3.00 bits per heavy atom. The van der Waals surface area contributed by atoms with Crippen LogP contribution in [0.15, 0.2) is 24.5 Å². The summed E-state index contributed by atoms with van der Waals surface area (Å²) in [5, 5.41) is 3.37. The number of imidazole rings is 1. The molecule has 0 saturated carbocycles. The summed E-state index contributed by atoms with van der Waals surface area (Å²) >= 11 is 1.81. The van der Waals surface area contributed by atoms with Gasteiger partial charge in [0.25, 0.3) is 0 Å². The maximum absolute atomic E-state index is 5.17. The number of methoxy groups -OCH3 is 1. The molecule has 2 aromatic rings. The largest absolute Gasteiger partial charge is 0.383 e. The summed E-state index contributed by atoms with van der Waals surface area (Å²) in [6, 6.07) is 4.57. The van der Waals surface area contributed by atoms with Gasteiger partial charge >= 0.3 is 0 Å². The number of thiophene rings is 1.